The number of ether oxygens (including phenoxy) is 1. The lowest BCUT2D eigenvalue weighted by atomic mass is 9.96. The summed E-state index contributed by atoms with van der Waals surface area (Å²) in [5, 5.41) is 3.97. The number of fused-ring (bicyclic) bond motifs is 3. The van der Waals surface area contributed by atoms with E-state index >= 15 is 0 Å². The molecule has 2 aromatic rings. The van der Waals surface area contributed by atoms with Crippen LogP contribution in [-0.2, 0) is 11.3 Å². The lowest BCUT2D eigenvalue weighted by Crippen LogP contribution is -2.34. The summed E-state index contributed by atoms with van der Waals surface area (Å²) in [5.41, 5.74) is 0.983. The van der Waals surface area contributed by atoms with E-state index in [2.05, 4.69) is 24.1 Å². The van der Waals surface area contributed by atoms with Gasteiger partial charge in [-0.1, -0.05) is 13.8 Å². The van der Waals surface area contributed by atoms with E-state index in [1.54, 1.807) is 0 Å². The van der Waals surface area contributed by atoms with E-state index in [1.165, 1.54) is 0 Å². The first kappa shape index (κ1) is 15.1. The Kier molecular flexibility index (Phi) is 3.97. The molecule has 0 saturated heterocycles. The minimum Gasteiger partial charge on any atom is -0.373 e. The van der Waals surface area contributed by atoms with Gasteiger partial charge in [0.15, 0.2) is 11.6 Å². The van der Waals surface area contributed by atoms with Crippen LogP contribution in [0.25, 0.3) is 10.8 Å². The maximum Gasteiger partial charge on any atom is 0.256 e. The smallest absolute Gasteiger partial charge is 0.256 e. The molecule has 22 heavy (non-hydrogen) atoms. The zero-order chi connectivity index (χ0) is 15.9. The Hall–Kier alpha value is -1.79. The van der Waals surface area contributed by atoms with E-state index in [4.69, 9.17) is 4.74 Å². The molecule has 1 aromatic carbocycles. The van der Waals surface area contributed by atoms with Gasteiger partial charge in [-0.15, -0.1) is 0 Å². The quantitative estimate of drug-likeness (QED) is 0.916. The van der Waals surface area contributed by atoms with Crippen molar-refractivity contribution >= 4 is 10.8 Å². The van der Waals surface area contributed by atoms with Gasteiger partial charge in [0.2, 0.25) is 0 Å². The number of hydrogen-bond acceptors (Lipinski definition) is 3. The van der Waals surface area contributed by atoms with Gasteiger partial charge in [0.05, 0.1) is 24.6 Å². The monoisotopic (exact) mass is 308 g/mol. The Morgan fingerprint density at radius 1 is 1.32 bits per heavy atom. The molecule has 0 bridgehead atoms. The van der Waals surface area contributed by atoms with E-state index < -0.39 is 17.2 Å². The van der Waals surface area contributed by atoms with E-state index in [1.807, 2.05) is 0 Å². The molecule has 1 aliphatic rings. The van der Waals surface area contributed by atoms with Gasteiger partial charge in [0, 0.05) is 11.3 Å². The maximum atomic E-state index is 13.7. The van der Waals surface area contributed by atoms with Crippen LogP contribution in [0.4, 0.5) is 8.78 Å². The fraction of sp³-hybridized carbons (Fsp3) is 0.438. The van der Waals surface area contributed by atoms with Crippen molar-refractivity contribution < 1.29 is 13.5 Å². The minimum atomic E-state index is -1.02. The fourth-order valence-corrected chi connectivity index (χ4v) is 2.80. The van der Waals surface area contributed by atoms with Gasteiger partial charge in [0.25, 0.3) is 5.56 Å². The maximum absolute atomic E-state index is 13.7. The average Bonchev–Trinajstić information content (AvgIpc) is 2.47. The predicted octanol–water partition coefficient (Wildman–Crippen LogP) is 2.62. The number of aromatic nitrogens is 1. The standard InChI is InChI=1S/C16H18F2N2O2/c1-8(2)5-19-13-6-22-7-14-15(13)9-3-11(17)12(18)4-10(9)16(21)20-14/h3-4,8,13,19H,5-7H2,1-2H3,(H,20,21)/t13-/m0/s1. The van der Waals surface area contributed by atoms with Crippen molar-refractivity contribution in [1.82, 2.24) is 10.3 Å². The number of pyridine rings is 1. The zero-order valence-corrected chi connectivity index (χ0v) is 12.5. The molecule has 1 atom stereocenters. The van der Waals surface area contributed by atoms with Crippen molar-refractivity contribution in [3.8, 4) is 0 Å². The average molecular weight is 308 g/mol. The minimum absolute atomic E-state index is 0.157. The van der Waals surface area contributed by atoms with Crippen LogP contribution in [0, 0.1) is 17.6 Å². The number of H-pyrrole nitrogens is 1. The summed E-state index contributed by atoms with van der Waals surface area (Å²) in [7, 11) is 0. The fourth-order valence-electron chi connectivity index (χ4n) is 2.80. The molecule has 2 heterocycles. The molecule has 1 aliphatic heterocycles. The molecule has 2 N–H and O–H groups in total. The van der Waals surface area contributed by atoms with Gasteiger partial charge < -0.3 is 15.0 Å². The summed E-state index contributed by atoms with van der Waals surface area (Å²) in [6.07, 6.45) is 0. The van der Waals surface area contributed by atoms with Crippen molar-refractivity contribution in [2.45, 2.75) is 26.5 Å². The van der Waals surface area contributed by atoms with Gasteiger partial charge >= 0.3 is 0 Å². The van der Waals surface area contributed by atoms with E-state index in [0.717, 1.165) is 24.2 Å². The van der Waals surface area contributed by atoms with Crippen LogP contribution in [0.3, 0.4) is 0 Å². The molecule has 0 saturated carbocycles. The molecular formula is C16H18F2N2O2. The summed E-state index contributed by atoms with van der Waals surface area (Å²) < 4.78 is 32.6. The van der Waals surface area contributed by atoms with Crippen LogP contribution >= 0.6 is 0 Å². The van der Waals surface area contributed by atoms with Gasteiger partial charge in [-0.25, -0.2) is 8.78 Å². The highest BCUT2D eigenvalue weighted by molar-refractivity contribution is 5.86. The molecule has 0 unspecified atom stereocenters. The first-order chi connectivity index (χ1) is 10.5. The summed E-state index contributed by atoms with van der Waals surface area (Å²) in [5.74, 6) is -1.53. The molecule has 118 valence electrons. The molecule has 1 aromatic heterocycles. The van der Waals surface area contributed by atoms with Gasteiger partial charge in [-0.2, -0.15) is 0 Å². The van der Waals surface area contributed by atoms with Crippen LogP contribution in [0.5, 0.6) is 0 Å². The van der Waals surface area contributed by atoms with Crippen molar-refractivity contribution in [2.75, 3.05) is 13.2 Å². The van der Waals surface area contributed by atoms with E-state index in [-0.39, 0.29) is 18.0 Å². The van der Waals surface area contributed by atoms with Crippen molar-refractivity contribution in [3.63, 3.8) is 0 Å². The number of nitrogens with one attached hydrogen (secondary N) is 2. The molecule has 0 fully saturated rings. The van der Waals surface area contributed by atoms with Crippen molar-refractivity contribution in [1.29, 1.82) is 0 Å². The Morgan fingerprint density at radius 2 is 2.00 bits per heavy atom. The Balaban J connectivity index is 2.18. The van der Waals surface area contributed by atoms with E-state index in [0.29, 0.717) is 23.6 Å². The third-order valence-corrected chi connectivity index (χ3v) is 3.84. The number of halogens is 2. The van der Waals surface area contributed by atoms with Crippen LogP contribution < -0.4 is 10.9 Å². The third-order valence-electron chi connectivity index (χ3n) is 3.84. The SMILES string of the molecule is CC(C)CN[C@H]1COCc2[nH]c(=O)c3cc(F)c(F)cc3c21. The molecule has 4 nitrogen and oxygen atoms in total. The molecule has 6 heteroatoms. The summed E-state index contributed by atoms with van der Waals surface area (Å²) >= 11 is 0. The normalized spacial score (nSPS) is 18.0. The summed E-state index contributed by atoms with van der Waals surface area (Å²) in [6, 6.07) is 1.91. The lowest BCUT2D eigenvalue weighted by molar-refractivity contribution is 0.0788. The highest BCUT2D eigenvalue weighted by Crippen LogP contribution is 2.30. The molecule has 0 amide bonds. The topological polar surface area (TPSA) is 54.1 Å². The second-order valence-corrected chi connectivity index (χ2v) is 6.03. The van der Waals surface area contributed by atoms with Crippen LogP contribution in [0.15, 0.2) is 16.9 Å². The Labute approximate surface area is 126 Å². The molecule has 3 rings (SSSR count). The number of benzene rings is 1. The van der Waals surface area contributed by atoms with E-state index in [9.17, 15) is 13.6 Å². The predicted molar refractivity (Wildman–Crippen MR) is 79.7 cm³/mol. The lowest BCUT2D eigenvalue weighted by Gasteiger charge is -2.28. The zero-order valence-electron chi connectivity index (χ0n) is 12.5. The Bertz CT molecular complexity index is 771. The number of hydrogen-bond donors (Lipinski definition) is 2. The Morgan fingerprint density at radius 3 is 2.68 bits per heavy atom. The van der Waals surface area contributed by atoms with Crippen LogP contribution in [-0.4, -0.2) is 18.1 Å². The molecule has 0 radical (unpaired) electrons. The summed E-state index contributed by atoms with van der Waals surface area (Å²) in [4.78, 5) is 14.8. The van der Waals surface area contributed by atoms with Crippen molar-refractivity contribution in [2.24, 2.45) is 5.92 Å². The van der Waals surface area contributed by atoms with Crippen molar-refractivity contribution in [3.05, 3.63) is 45.4 Å². The first-order valence-corrected chi connectivity index (χ1v) is 7.32. The van der Waals surface area contributed by atoms with Gasteiger partial charge in [-0.05, 0) is 30.0 Å². The van der Waals surface area contributed by atoms with Crippen LogP contribution in [0.2, 0.25) is 0 Å². The highest BCUT2D eigenvalue weighted by atomic mass is 19.2. The van der Waals surface area contributed by atoms with Gasteiger partial charge in [0.1, 0.15) is 0 Å². The molecule has 0 spiro atoms. The summed E-state index contributed by atoms with van der Waals surface area (Å²) in [6.45, 7) is 5.62. The second kappa shape index (κ2) is 5.78. The van der Waals surface area contributed by atoms with Gasteiger partial charge in [-0.3, -0.25) is 4.79 Å². The molecule has 0 aliphatic carbocycles. The van der Waals surface area contributed by atoms with Crippen LogP contribution in [0.1, 0.15) is 31.1 Å². The largest absolute Gasteiger partial charge is 0.373 e. The first-order valence-electron chi connectivity index (χ1n) is 7.32. The number of aromatic amines is 1. The second-order valence-electron chi connectivity index (χ2n) is 6.03. The number of rotatable bonds is 3. The highest BCUT2D eigenvalue weighted by Gasteiger charge is 2.25. The molecular weight excluding hydrogens is 290 g/mol. The third kappa shape index (κ3) is 2.64.